The summed E-state index contributed by atoms with van der Waals surface area (Å²) < 4.78 is 43.2. The molecule has 0 saturated heterocycles. The molecule has 0 atom stereocenters. The third kappa shape index (κ3) is 6.49. The van der Waals surface area contributed by atoms with E-state index in [-0.39, 0.29) is 11.7 Å². The van der Waals surface area contributed by atoms with Crippen LogP contribution >= 0.6 is 0 Å². The summed E-state index contributed by atoms with van der Waals surface area (Å²) >= 11 is 0. The average Bonchev–Trinajstić information content (AvgIpc) is 2.55. The number of hydrogen-bond acceptors (Lipinski definition) is 2. The number of anilines is 1. The number of unbranched alkanes of at least 4 members (excludes halogenated alkanes) is 1. The lowest BCUT2D eigenvalue weighted by Gasteiger charge is -2.10. The number of hydrogen-bond donors (Lipinski definition) is 1. The van der Waals surface area contributed by atoms with Gasteiger partial charge in [-0.1, -0.05) is 18.2 Å². The number of rotatable bonds is 7. The number of ether oxygens (including phenoxy) is 1. The van der Waals surface area contributed by atoms with Gasteiger partial charge in [0.15, 0.2) is 0 Å². The van der Waals surface area contributed by atoms with Crippen molar-refractivity contribution in [2.24, 2.45) is 0 Å². The van der Waals surface area contributed by atoms with E-state index in [1.165, 1.54) is 19.1 Å². The van der Waals surface area contributed by atoms with E-state index in [0.717, 1.165) is 42.6 Å². The summed E-state index contributed by atoms with van der Waals surface area (Å²) in [6.07, 6.45) is -1.92. The van der Waals surface area contributed by atoms with Crippen LogP contribution in [0.25, 0.3) is 0 Å². The van der Waals surface area contributed by atoms with E-state index in [1.54, 1.807) is 0 Å². The van der Waals surface area contributed by atoms with Crippen LogP contribution in [0.4, 0.5) is 18.9 Å². The van der Waals surface area contributed by atoms with Gasteiger partial charge in [-0.25, -0.2) is 0 Å². The highest BCUT2D eigenvalue weighted by Crippen LogP contribution is 2.31. The van der Waals surface area contributed by atoms with Gasteiger partial charge in [-0.2, -0.15) is 13.2 Å². The molecular formula is C19H20F3NO2. The Morgan fingerprint density at radius 3 is 2.44 bits per heavy atom. The number of amides is 1. The lowest BCUT2D eigenvalue weighted by Crippen LogP contribution is -2.06. The van der Waals surface area contributed by atoms with Crippen molar-refractivity contribution in [3.8, 4) is 5.75 Å². The number of nitrogens with one attached hydrogen (secondary N) is 1. The molecule has 0 aliphatic rings. The van der Waals surface area contributed by atoms with Crippen molar-refractivity contribution < 1.29 is 22.7 Å². The van der Waals surface area contributed by atoms with E-state index in [0.29, 0.717) is 6.61 Å². The van der Waals surface area contributed by atoms with Gasteiger partial charge in [0.1, 0.15) is 5.75 Å². The second-order valence-corrected chi connectivity index (χ2v) is 5.71. The highest BCUT2D eigenvalue weighted by molar-refractivity contribution is 5.88. The zero-order valence-corrected chi connectivity index (χ0v) is 13.9. The summed E-state index contributed by atoms with van der Waals surface area (Å²) in [5, 5.41) is 2.70. The first-order chi connectivity index (χ1) is 11.8. The summed E-state index contributed by atoms with van der Waals surface area (Å²) in [4.78, 5) is 10.9. The highest BCUT2D eigenvalue weighted by atomic mass is 19.4. The Kier molecular flexibility index (Phi) is 6.44. The number of aryl methyl sites for hydroxylation is 1. The summed E-state index contributed by atoms with van der Waals surface area (Å²) in [5.41, 5.74) is 1.18. The molecule has 0 saturated carbocycles. The molecule has 0 unspecified atom stereocenters. The molecule has 134 valence electrons. The molecule has 0 spiro atoms. The number of halogens is 3. The molecule has 2 aromatic rings. The molecule has 2 aromatic carbocycles. The van der Waals surface area contributed by atoms with Crippen molar-refractivity contribution in [1.29, 1.82) is 0 Å². The highest BCUT2D eigenvalue weighted by Gasteiger charge is 2.30. The van der Waals surface area contributed by atoms with Crippen LogP contribution < -0.4 is 10.1 Å². The second kappa shape index (κ2) is 8.55. The van der Waals surface area contributed by atoms with Gasteiger partial charge in [-0.05, 0) is 55.2 Å². The molecule has 0 aliphatic heterocycles. The maximum absolute atomic E-state index is 12.6. The van der Waals surface area contributed by atoms with Gasteiger partial charge in [0.25, 0.3) is 0 Å². The van der Waals surface area contributed by atoms with Crippen LogP contribution in [-0.4, -0.2) is 12.5 Å². The van der Waals surface area contributed by atoms with E-state index in [9.17, 15) is 18.0 Å². The maximum Gasteiger partial charge on any atom is 0.416 e. The molecule has 2 rings (SSSR count). The summed E-state index contributed by atoms with van der Waals surface area (Å²) in [7, 11) is 0. The van der Waals surface area contributed by atoms with Crippen LogP contribution in [0.1, 0.15) is 30.9 Å². The fraction of sp³-hybridized carbons (Fsp3) is 0.316. The van der Waals surface area contributed by atoms with Gasteiger partial charge >= 0.3 is 6.18 Å². The van der Waals surface area contributed by atoms with E-state index in [1.807, 2.05) is 24.3 Å². The standard InChI is InChI=1S/C19H20F3NO2/c1-14(24)23-17-10-8-15(9-11-17)5-2-3-12-25-18-7-4-6-16(13-18)19(20,21)22/h4,6-11,13H,2-3,5,12H2,1H3,(H,23,24). The second-order valence-electron chi connectivity index (χ2n) is 5.71. The van der Waals surface area contributed by atoms with Gasteiger partial charge in [-0.15, -0.1) is 0 Å². The molecule has 3 nitrogen and oxygen atoms in total. The molecular weight excluding hydrogens is 331 g/mol. The minimum Gasteiger partial charge on any atom is -0.494 e. The minimum atomic E-state index is -4.36. The van der Waals surface area contributed by atoms with Gasteiger partial charge in [0.05, 0.1) is 12.2 Å². The third-order valence-electron chi connectivity index (χ3n) is 3.56. The fourth-order valence-corrected chi connectivity index (χ4v) is 2.34. The fourth-order valence-electron chi connectivity index (χ4n) is 2.34. The number of carbonyl (C=O) groups excluding carboxylic acids is 1. The van der Waals surface area contributed by atoms with Crippen LogP contribution in [-0.2, 0) is 17.4 Å². The van der Waals surface area contributed by atoms with Gasteiger partial charge in [0.2, 0.25) is 5.91 Å². The number of alkyl halides is 3. The molecule has 25 heavy (non-hydrogen) atoms. The topological polar surface area (TPSA) is 38.3 Å². The molecule has 0 radical (unpaired) electrons. The van der Waals surface area contributed by atoms with Crippen LogP contribution in [0.3, 0.4) is 0 Å². The Balaban J connectivity index is 1.72. The molecule has 0 bridgehead atoms. The first kappa shape index (κ1) is 18.8. The predicted octanol–water partition coefficient (Wildman–Crippen LogP) is 5.07. The lowest BCUT2D eigenvalue weighted by molar-refractivity contribution is -0.137. The Labute approximate surface area is 144 Å². The number of benzene rings is 2. The van der Waals surface area contributed by atoms with Crippen LogP contribution in [0.5, 0.6) is 5.75 Å². The van der Waals surface area contributed by atoms with E-state index >= 15 is 0 Å². The normalized spacial score (nSPS) is 11.2. The van der Waals surface area contributed by atoms with Crippen molar-refractivity contribution in [2.45, 2.75) is 32.4 Å². The van der Waals surface area contributed by atoms with Crippen molar-refractivity contribution in [2.75, 3.05) is 11.9 Å². The molecule has 1 amide bonds. The maximum atomic E-state index is 12.6. The predicted molar refractivity (Wildman–Crippen MR) is 90.6 cm³/mol. The number of carbonyl (C=O) groups is 1. The zero-order valence-electron chi connectivity index (χ0n) is 13.9. The van der Waals surface area contributed by atoms with E-state index in [4.69, 9.17) is 4.74 Å². The van der Waals surface area contributed by atoms with Crippen molar-refractivity contribution in [3.05, 3.63) is 59.7 Å². The van der Waals surface area contributed by atoms with Crippen molar-refractivity contribution in [3.63, 3.8) is 0 Å². The first-order valence-electron chi connectivity index (χ1n) is 8.01. The lowest BCUT2D eigenvalue weighted by atomic mass is 10.1. The largest absolute Gasteiger partial charge is 0.494 e. The molecule has 0 aromatic heterocycles. The Morgan fingerprint density at radius 1 is 1.08 bits per heavy atom. The summed E-state index contributed by atoms with van der Waals surface area (Å²) in [6.45, 7) is 1.82. The molecule has 1 N–H and O–H groups in total. The van der Waals surface area contributed by atoms with E-state index in [2.05, 4.69) is 5.32 Å². The van der Waals surface area contributed by atoms with Gasteiger partial charge in [0, 0.05) is 12.6 Å². The quantitative estimate of drug-likeness (QED) is 0.708. The summed E-state index contributed by atoms with van der Waals surface area (Å²) in [5.74, 6) is 0.119. The molecule has 0 heterocycles. The summed E-state index contributed by atoms with van der Waals surface area (Å²) in [6, 6.07) is 12.5. The van der Waals surface area contributed by atoms with E-state index < -0.39 is 11.7 Å². The van der Waals surface area contributed by atoms with Crippen molar-refractivity contribution >= 4 is 11.6 Å². The van der Waals surface area contributed by atoms with Gasteiger partial charge in [-0.3, -0.25) is 4.79 Å². The average molecular weight is 351 g/mol. The minimum absolute atomic E-state index is 0.112. The monoisotopic (exact) mass is 351 g/mol. The van der Waals surface area contributed by atoms with Crippen LogP contribution in [0, 0.1) is 0 Å². The first-order valence-corrected chi connectivity index (χ1v) is 8.01. The Bertz CT molecular complexity index is 697. The SMILES string of the molecule is CC(=O)Nc1ccc(CCCCOc2cccc(C(F)(F)F)c2)cc1. The third-order valence-corrected chi connectivity index (χ3v) is 3.56. The zero-order chi connectivity index (χ0) is 18.3. The molecule has 0 fully saturated rings. The van der Waals surface area contributed by atoms with Crippen LogP contribution in [0.2, 0.25) is 0 Å². The van der Waals surface area contributed by atoms with Crippen LogP contribution in [0.15, 0.2) is 48.5 Å². The van der Waals surface area contributed by atoms with Gasteiger partial charge < -0.3 is 10.1 Å². The van der Waals surface area contributed by atoms with Crippen molar-refractivity contribution in [1.82, 2.24) is 0 Å². The smallest absolute Gasteiger partial charge is 0.416 e. The Morgan fingerprint density at radius 2 is 1.80 bits per heavy atom. The Hall–Kier alpha value is -2.50. The molecule has 0 aliphatic carbocycles. The molecule has 6 heteroatoms.